The quantitative estimate of drug-likeness (QED) is 0.173. The Morgan fingerprint density at radius 1 is 0.822 bits per heavy atom. The van der Waals surface area contributed by atoms with Gasteiger partial charge in [0.05, 0.1) is 44.7 Å². The Kier molecular flexibility index (Phi) is 13.8. The Morgan fingerprint density at radius 2 is 1.38 bits per heavy atom. The van der Waals surface area contributed by atoms with Crippen LogP contribution in [0.2, 0.25) is 34.8 Å². The van der Waals surface area contributed by atoms with Gasteiger partial charge in [-0.05, 0) is 58.9 Å². The molecule has 1 spiro atoms. The maximum absolute atomic E-state index is 7.08. The fourth-order valence-electron chi connectivity index (χ4n) is 7.37. The third-order valence-electron chi connectivity index (χ3n) is 10.8. The van der Waals surface area contributed by atoms with Crippen molar-refractivity contribution in [3.8, 4) is 5.75 Å². The van der Waals surface area contributed by atoms with Crippen molar-refractivity contribution in [1.82, 2.24) is 0 Å². The molecule has 9 heteroatoms. The Bertz CT molecular complexity index is 1000. The normalized spacial score (nSPS) is 26.8. The molecule has 0 amide bonds. The van der Waals surface area contributed by atoms with Crippen LogP contribution in [0, 0.1) is 0 Å². The van der Waals surface area contributed by atoms with E-state index in [4.69, 9.17) is 32.5 Å². The average Bonchev–Trinajstić information content (AvgIpc) is 2.95. The highest BCUT2D eigenvalue weighted by Gasteiger charge is 2.51. The molecule has 0 unspecified atom stereocenters. The zero-order chi connectivity index (χ0) is 33.6. The predicted octanol–water partition coefficient (Wildman–Crippen LogP) is 9.25. The number of rotatable bonds is 15. The summed E-state index contributed by atoms with van der Waals surface area (Å²) in [5.74, 6) is 0.0636. The van der Waals surface area contributed by atoms with Crippen LogP contribution in [0.3, 0.4) is 0 Å². The van der Waals surface area contributed by atoms with Gasteiger partial charge in [-0.15, -0.1) is 0 Å². The van der Waals surface area contributed by atoms with Crippen LogP contribution < -0.4 is 4.74 Å². The molecule has 2 aliphatic rings. The average molecular weight is 667 g/mol. The number of benzene rings is 1. The van der Waals surface area contributed by atoms with Crippen LogP contribution in [0.4, 0.5) is 0 Å². The molecule has 0 radical (unpaired) electrons. The lowest BCUT2D eigenvalue weighted by atomic mass is 9.89. The minimum Gasteiger partial charge on any atom is -0.497 e. The predicted molar refractivity (Wildman–Crippen MR) is 188 cm³/mol. The zero-order valence-corrected chi connectivity index (χ0v) is 32.9. The topological polar surface area (TPSA) is 64.6 Å². The van der Waals surface area contributed by atoms with Crippen molar-refractivity contribution in [1.29, 1.82) is 0 Å². The van der Waals surface area contributed by atoms with Gasteiger partial charge in [-0.1, -0.05) is 74.4 Å². The fourth-order valence-corrected chi connectivity index (χ4v) is 13.9. The van der Waals surface area contributed by atoms with Gasteiger partial charge >= 0.3 is 0 Å². The maximum Gasteiger partial charge on any atom is 0.200 e. The summed E-state index contributed by atoms with van der Waals surface area (Å²) in [5, 5.41) is 0.172. The van der Waals surface area contributed by atoms with Crippen LogP contribution in [0.15, 0.2) is 24.3 Å². The van der Waals surface area contributed by atoms with E-state index >= 15 is 0 Å². The van der Waals surface area contributed by atoms with Gasteiger partial charge in [0.2, 0.25) is 0 Å². The lowest BCUT2D eigenvalue weighted by molar-refractivity contribution is -0.345. The zero-order valence-electron chi connectivity index (χ0n) is 30.9. The van der Waals surface area contributed by atoms with Crippen LogP contribution in [0.5, 0.6) is 5.75 Å². The Labute approximate surface area is 277 Å². The van der Waals surface area contributed by atoms with Crippen LogP contribution in [0.25, 0.3) is 0 Å². The second-order valence-electron chi connectivity index (χ2n) is 15.9. The van der Waals surface area contributed by atoms with Crippen molar-refractivity contribution in [3.05, 3.63) is 29.8 Å². The molecule has 0 aliphatic carbocycles. The summed E-state index contributed by atoms with van der Waals surface area (Å²) in [5.41, 5.74) is 2.64. The molecule has 0 aromatic heterocycles. The van der Waals surface area contributed by atoms with E-state index in [1.165, 1.54) is 0 Å². The van der Waals surface area contributed by atoms with E-state index < -0.39 is 22.4 Å². The number of ether oxygens (including phenoxy) is 5. The van der Waals surface area contributed by atoms with E-state index in [9.17, 15) is 0 Å². The Hall–Kier alpha value is -0.786. The largest absolute Gasteiger partial charge is 0.497 e. The van der Waals surface area contributed by atoms with Gasteiger partial charge in [0.15, 0.2) is 22.4 Å². The van der Waals surface area contributed by atoms with Crippen molar-refractivity contribution in [2.75, 3.05) is 27.4 Å². The lowest BCUT2D eigenvalue weighted by Gasteiger charge is -2.51. The molecule has 2 heterocycles. The van der Waals surface area contributed by atoms with Crippen LogP contribution >= 0.6 is 0 Å². The first-order valence-corrected chi connectivity index (χ1v) is 22.4. The molecule has 45 heavy (non-hydrogen) atoms. The van der Waals surface area contributed by atoms with E-state index in [-0.39, 0.29) is 29.5 Å². The van der Waals surface area contributed by atoms with Crippen molar-refractivity contribution >= 4 is 16.6 Å². The minimum absolute atomic E-state index is 0.00849. The lowest BCUT2D eigenvalue weighted by Crippen LogP contribution is -2.57. The summed E-state index contributed by atoms with van der Waals surface area (Å²) in [7, 11) is -0.423. The maximum atomic E-state index is 7.08. The highest BCUT2D eigenvalue weighted by molar-refractivity contribution is 6.77. The van der Waals surface area contributed by atoms with E-state index in [0.717, 1.165) is 30.6 Å². The van der Waals surface area contributed by atoms with Gasteiger partial charge in [0, 0.05) is 39.4 Å². The first-order valence-electron chi connectivity index (χ1n) is 17.4. The molecule has 0 N–H and O–H groups in total. The second kappa shape index (κ2) is 16.1. The summed E-state index contributed by atoms with van der Waals surface area (Å²) >= 11 is 0. The molecule has 0 saturated carbocycles. The minimum atomic E-state index is -2.07. The molecule has 260 valence electrons. The molecule has 5 atom stereocenters. The van der Waals surface area contributed by atoms with E-state index in [2.05, 4.69) is 87.5 Å². The van der Waals surface area contributed by atoms with E-state index in [1.54, 1.807) is 7.11 Å². The molecule has 1 aromatic carbocycles. The molecule has 0 bridgehead atoms. The summed E-state index contributed by atoms with van der Waals surface area (Å²) in [6.45, 7) is 27.2. The molecule has 2 saturated heterocycles. The van der Waals surface area contributed by atoms with E-state index in [1.807, 2.05) is 19.2 Å². The first-order chi connectivity index (χ1) is 21.0. The van der Waals surface area contributed by atoms with Gasteiger partial charge in [0.25, 0.3) is 0 Å². The molecule has 2 fully saturated rings. The highest BCUT2D eigenvalue weighted by Crippen LogP contribution is 2.45. The van der Waals surface area contributed by atoms with Gasteiger partial charge in [0.1, 0.15) is 5.75 Å². The monoisotopic (exact) mass is 666 g/mol. The van der Waals surface area contributed by atoms with Crippen molar-refractivity contribution in [2.45, 2.75) is 166 Å². The fraction of sp³-hybridized carbons (Fsp3) is 0.833. The second-order valence-corrected chi connectivity index (χ2v) is 26.2. The van der Waals surface area contributed by atoms with Crippen molar-refractivity contribution < 1.29 is 32.5 Å². The molecule has 1 aromatic rings. The summed E-state index contributed by atoms with van der Waals surface area (Å²) < 4.78 is 45.6. The van der Waals surface area contributed by atoms with Crippen LogP contribution in [0.1, 0.15) is 100.0 Å². The molecule has 3 rings (SSSR count). The van der Waals surface area contributed by atoms with Crippen LogP contribution in [-0.4, -0.2) is 74.3 Å². The van der Waals surface area contributed by atoms with E-state index in [0.29, 0.717) is 49.3 Å². The Balaban J connectivity index is 1.81. The summed E-state index contributed by atoms with van der Waals surface area (Å²) in [4.78, 5) is 0. The SMILES string of the molecule is COc1ccc(CO[C@H]2C[C@@H](CO[Si](C(C)C)(C(C)C)C(C)C)O[C@]3(C[C@@H](OC)C[C@@H](CCO[Si](C)(C)C(C)(C)C)O3)C2)cc1. The third-order valence-corrected chi connectivity index (χ3v) is 21.4. The molecule has 2 aliphatic heterocycles. The first kappa shape index (κ1) is 38.7. The van der Waals surface area contributed by atoms with Crippen LogP contribution in [-0.2, 0) is 34.4 Å². The van der Waals surface area contributed by atoms with Gasteiger partial charge in [-0.3, -0.25) is 0 Å². The smallest absolute Gasteiger partial charge is 0.200 e. The van der Waals surface area contributed by atoms with Crippen molar-refractivity contribution in [2.24, 2.45) is 0 Å². The third kappa shape index (κ3) is 9.88. The summed E-state index contributed by atoms with van der Waals surface area (Å²) in [6.07, 6.45) is 3.68. The van der Waals surface area contributed by atoms with Gasteiger partial charge in [-0.25, -0.2) is 0 Å². The molecular formula is C36H66O7Si2. The number of methoxy groups -OCH3 is 2. The standard InChI is InChI=1S/C36H66O7Si2/c1-26(2)45(27(3)4,28(5)6)41-25-34-21-33(39-24-29-14-16-30(37-10)17-15-29)23-36(43-34)22-32(38-11)20-31(42-36)18-19-40-44(12,13)35(7,8)9/h14-17,26-28,31-34H,18-25H2,1-13H3/t31-,32+,33+,34+,36-/m1/s1. The summed E-state index contributed by atoms with van der Waals surface area (Å²) in [6, 6.07) is 8.11. The van der Waals surface area contributed by atoms with Gasteiger partial charge < -0.3 is 32.5 Å². The Morgan fingerprint density at radius 3 is 1.91 bits per heavy atom. The number of hydrogen-bond donors (Lipinski definition) is 0. The highest BCUT2D eigenvalue weighted by atomic mass is 28.4. The molecular weight excluding hydrogens is 601 g/mol. The van der Waals surface area contributed by atoms with Gasteiger partial charge in [-0.2, -0.15) is 0 Å². The molecule has 7 nitrogen and oxygen atoms in total. The number of hydrogen-bond acceptors (Lipinski definition) is 7. The van der Waals surface area contributed by atoms with Crippen molar-refractivity contribution in [3.63, 3.8) is 0 Å².